The van der Waals surface area contributed by atoms with Crippen LogP contribution in [-0.4, -0.2) is 28.6 Å². The van der Waals surface area contributed by atoms with Gasteiger partial charge in [0.15, 0.2) is 0 Å². The molecule has 0 saturated carbocycles. The Balaban J connectivity index is 1.77. The predicted molar refractivity (Wildman–Crippen MR) is 52.7 cm³/mol. The summed E-state index contributed by atoms with van der Waals surface area (Å²) in [4.78, 5) is 11.5. The van der Waals surface area contributed by atoms with Crippen LogP contribution in [0.15, 0.2) is 5.38 Å². The summed E-state index contributed by atoms with van der Waals surface area (Å²) in [5.41, 5.74) is 0.828. The number of rotatable bonds is 3. The molecule has 14 heavy (non-hydrogen) atoms. The smallest absolute Gasteiger partial charge is 0.224 e. The molecule has 1 fully saturated rings. The van der Waals surface area contributed by atoms with Crippen LogP contribution in [-0.2, 0) is 11.3 Å². The highest BCUT2D eigenvalue weighted by Gasteiger charge is 2.21. The van der Waals surface area contributed by atoms with Crippen molar-refractivity contribution in [3.05, 3.63) is 11.1 Å². The fraction of sp³-hybridized carbons (Fsp3) is 0.625. The summed E-state index contributed by atoms with van der Waals surface area (Å²) >= 11 is 1.30. The first-order valence-electron chi connectivity index (χ1n) is 4.60. The Labute approximate surface area is 86.1 Å². The number of carbonyl (C=O) groups excluding carboxylic acids is 1. The quantitative estimate of drug-likeness (QED) is 0.726. The van der Waals surface area contributed by atoms with Gasteiger partial charge in [-0.1, -0.05) is 4.49 Å². The van der Waals surface area contributed by atoms with E-state index in [1.165, 1.54) is 11.5 Å². The maximum Gasteiger partial charge on any atom is 0.224 e. The van der Waals surface area contributed by atoms with Gasteiger partial charge in [0.05, 0.1) is 18.2 Å². The lowest BCUT2D eigenvalue weighted by Crippen LogP contribution is -2.31. The maximum atomic E-state index is 11.5. The Hall–Kier alpha value is -1.01. The van der Waals surface area contributed by atoms with Gasteiger partial charge in [-0.25, -0.2) is 0 Å². The maximum absolute atomic E-state index is 11.5. The van der Waals surface area contributed by atoms with Crippen molar-refractivity contribution in [2.45, 2.75) is 13.0 Å². The zero-order valence-corrected chi connectivity index (χ0v) is 8.51. The Kier molecular flexibility index (Phi) is 3.05. The fourth-order valence-electron chi connectivity index (χ4n) is 1.46. The predicted octanol–water partition coefficient (Wildman–Crippen LogP) is -0.236. The molecule has 1 aromatic rings. The Morgan fingerprint density at radius 2 is 2.71 bits per heavy atom. The van der Waals surface area contributed by atoms with Gasteiger partial charge < -0.3 is 10.6 Å². The normalized spacial score (nSPS) is 21.0. The largest absolute Gasteiger partial charge is 0.350 e. The topological polar surface area (TPSA) is 66.9 Å². The number of hydrogen-bond donors (Lipinski definition) is 2. The van der Waals surface area contributed by atoms with Crippen molar-refractivity contribution < 1.29 is 4.79 Å². The Bertz CT molecular complexity index is 294. The molecule has 0 spiro atoms. The van der Waals surface area contributed by atoms with Gasteiger partial charge in [0.1, 0.15) is 0 Å². The number of aromatic nitrogens is 2. The summed E-state index contributed by atoms with van der Waals surface area (Å²) in [6.07, 6.45) is 0.932. The van der Waals surface area contributed by atoms with Gasteiger partial charge in [-0.15, -0.1) is 5.10 Å². The molecular weight excluding hydrogens is 200 g/mol. The molecule has 5 nitrogen and oxygen atoms in total. The number of nitrogens with zero attached hydrogens (tertiary/aromatic N) is 2. The van der Waals surface area contributed by atoms with Crippen LogP contribution in [0.3, 0.4) is 0 Å². The summed E-state index contributed by atoms with van der Waals surface area (Å²) in [7, 11) is 0. The van der Waals surface area contributed by atoms with Gasteiger partial charge >= 0.3 is 0 Å². The monoisotopic (exact) mass is 212 g/mol. The van der Waals surface area contributed by atoms with Crippen LogP contribution in [0.1, 0.15) is 12.1 Å². The lowest BCUT2D eigenvalue weighted by molar-refractivity contribution is -0.124. The standard InChI is InChI=1S/C8H12N4OS/c13-8(6-1-2-9-3-6)10-4-7-5-14-12-11-7/h5-6,9H,1-4H2,(H,10,13). The second-order valence-electron chi connectivity index (χ2n) is 3.30. The third-order valence-corrected chi connectivity index (χ3v) is 2.83. The minimum absolute atomic E-state index is 0.114. The number of carbonyl (C=O) groups is 1. The summed E-state index contributed by atoms with van der Waals surface area (Å²) in [5, 5.41) is 11.7. The van der Waals surface area contributed by atoms with Crippen LogP contribution in [0.5, 0.6) is 0 Å². The highest BCUT2D eigenvalue weighted by molar-refractivity contribution is 7.03. The van der Waals surface area contributed by atoms with E-state index in [1.54, 1.807) is 0 Å². The average molecular weight is 212 g/mol. The SMILES string of the molecule is O=C(NCc1csnn1)C1CCNC1. The molecular formula is C8H12N4OS. The molecule has 1 aromatic heterocycles. The Morgan fingerprint density at radius 3 is 3.36 bits per heavy atom. The van der Waals surface area contributed by atoms with E-state index in [0.29, 0.717) is 6.54 Å². The summed E-state index contributed by atoms with van der Waals surface area (Å²) in [6, 6.07) is 0. The third kappa shape index (κ3) is 2.27. The van der Waals surface area contributed by atoms with Gasteiger partial charge in [-0.05, 0) is 24.5 Å². The molecule has 1 aliphatic rings. The highest BCUT2D eigenvalue weighted by Crippen LogP contribution is 2.07. The van der Waals surface area contributed by atoms with Crippen LogP contribution < -0.4 is 10.6 Å². The zero-order chi connectivity index (χ0) is 9.80. The van der Waals surface area contributed by atoms with E-state index in [1.807, 2.05) is 5.38 Å². The van der Waals surface area contributed by atoms with Gasteiger partial charge in [-0.2, -0.15) is 0 Å². The van der Waals surface area contributed by atoms with E-state index in [9.17, 15) is 4.79 Å². The van der Waals surface area contributed by atoms with Gasteiger partial charge in [0, 0.05) is 11.9 Å². The zero-order valence-electron chi connectivity index (χ0n) is 7.69. The minimum Gasteiger partial charge on any atom is -0.350 e. The molecule has 1 amide bonds. The first-order valence-corrected chi connectivity index (χ1v) is 5.44. The first-order chi connectivity index (χ1) is 6.86. The molecule has 6 heteroatoms. The van der Waals surface area contributed by atoms with E-state index in [0.717, 1.165) is 25.2 Å². The second kappa shape index (κ2) is 4.47. The highest BCUT2D eigenvalue weighted by atomic mass is 32.1. The molecule has 1 aliphatic heterocycles. The fourth-order valence-corrected chi connectivity index (χ4v) is 1.91. The van der Waals surface area contributed by atoms with Crippen molar-refractivity contribution in [3.8, 4) is 0 Å². The summed E-state index contributed by atoms with van der Waals surface area (Å²) < 4.78 is 3.73. The van der Waals surface area contributed by atoms with Crippen LogP contribution in [0.25, 0.3) is 0 Å². The summed E-state index contributed by atoms with van der Waals surface area (Å²) in [6.45, 7) is 2.23. The van der Waals surface area contributed by atoms with Crippen LogP contribution >= 0.6 is 11.5 Å². The molecule has 1 unspecified atom stereocenters. The van der Waals surface area contributed by atoms with Crippen molar-refractivity contribution in [1.82, 2.24) is 20.2 Å². The number of nitrogens with one attached hydrogen (secondary N) is 2. The van der Waals surface area contributed by atoms with Crippen LogP contribution in [0.4, 0.5) is 0 Å². The lowest BCUT2D eigenvalue weighted by atomic mass is 10.1. The minimum atomic E-state index is 0.114. The second-order valence-corrected chi connectivity index (χ2v) is 3.91. The molecule has 0 bridgehead atoms. The molecule has 2 N–H and O–H groups in total. The first kappa shape index (κ1) is 9.54. The number of amides is 1. The molecule has 2 heterocycles. The van der Waals surface area contributed by atoms with E-state index >= 15 is 0 Å². The molecule has 76 valence electrons. The Morgan fingerprint density at radius 1 is 1.79 bits per heavy atom. The van der Waals surface area contributed by atoms with Crippen molar-refractivity contribution in [2.24, 2.45) is 5.92 Å². The number of hydrogen-bond acceptors (Lipinski definition) is 5. The van der Waals surface area contributed by atoms with Gasteiger partial charge in [0.2, 0.25) is 5.91 Å². The van der Waals surface area contributed by atoms with Crippen molar-refractivity contribution in [3.63, 3.8) is 0 Å². The summed E-state index contributed by atoms with van der Waals surface area (Å²) in [5.74, 6) is 0.240. The van der Waals surface area contributed by atoms with E-state index < -0.39 is 0 Å². The molecule has 0 radical (unpaired) electrons. The van der Waals surface area contributed by atoms with E-state index in [-0.39, 0.29) is 11.8 Å². The van der Waals surface area contributed by atoms with Crippen molar-refractivity contribution in [1.29, 1.82) is 0 Å². The average Bonchev–Trinajstić information content (AvgIpc) is 2.87. The van der Waals surface area contributed by atoms with E-state index in [4.69, 9.17) is 0 Å². The molecule has 2 rings (SSSR count). The van der Waals surface area contributed by atoms with E-state index in [2.05, 4.69) is 20.2 Å². The van der Waals surface area contributed by atoms with Crippen LogP contribution in [0.2, 0.25) is 0 Å². The molecule has 1 saturated heterocycles. The molecule has 0 aromatic carbocycles. The van der Waals surface area contributed by atoms with Crippen LogP contribution in [0, 0.1) is 5.92 Å². The molecule has 0 aliphatic carbocycles. The van der Waals surface area contributed by atoms with Crippen molar-refractivity contribution in [2.75, 3.05) is 13.1 Å². The van der Waals surface area contributed by atoms with Gasteiger partial charge in [0.25, 0.3) is 0 Å². The van der Waals surface area contributed by atoms with Gasteiger partial charge in [-0.3, -0.25) is 4.79 Å². The molecule has 1 atom stereocenters. The third-order valence-electron chi connectivity index (χ3n) is 2.28. The lowest BCUT2D eigenvalue weighted by Gasteiger charge is -2.07. The van der Waals surface area contributed by atoms with Crippen molar-refractivity contribution >= 4 is 17.4 Å².